The molecule has 0 bridgehead atoms. The predicted molar refractivity (Wildman–Crippen MR) is 76.0 cm³/mol. The van der Waals surface area contributed by atoms with Crippen molar-refractivity contribution in [2.75, 3.05) is 12.4 Å². The third-order valence-electron chi connectivity index (χ3n) is 3.09. The van der Waals surface area contributed by atoms with Crippen molar-refractivity contribution in [1.29, 1.82) is 0 Å². The quantitative estimate of drug-likeness (QED) is 0.740. The second kappa shape index (κ2) is 6.21. The Labute approximate surface area is 119 Å². The number of nitrogens with zero attached hydrogens (tertiary/aromatic N) is 1. The molecule has 0 radical (unpaired) electrons. The van der Waals surface area contributed by atoms with Gasteiger partial charge in [-0.3, -0.25) is 4.79 Å². The van der Waals surface area contributed by atoms with E-state index in [2.05, 4.69) is 15.9 Å². The first-order valence-electron chi connectivity index (χ1n) is 5.84. The molecule has 1 aromatic rings. The fraction of sp³-hybridized carbons (Fsp3) is 0.583. The fourth-order valence-corrected chi connectivity index (χ4v) is 3.41. The van der Waals surface area contributed by atoms with Crippen LogP contribution < -0.4 is 0 Å². The molecular formula is C12H15BrClNOS. The predicted octanol–water partition coefficient (Wildman–Crippen LogP) is 4.13. The van der Waals surface area contributed by atoms with Crippen LogP contribution in [0, 0.1) is 0 Å². The molecule has 0 atom stereocenters. The highest BCUT2D eigenvalue weighted by Gasteiger charge is 2.29. The molecule has 0 saturated heterocycles. The van der Waals surface area contributed by atoms with Gasteiger partial charge in [0.2, 0.25) is 0 Å². The molecule has 2 nitrogen and oxygen atoms in total. The van der Waals surface area contributed by atoms with Crippen LogP contribution in [0.1, 0.15) is 35.4 Å². The van der Waals surface area contributed by atoms with Crippen LogP contribution in [-0.2, 0) is 0 Å². The van der Waals surface area contributed by atoms with Gasteiger partial charge in [-0.25, -0.2) is 0 Å². The summed E-state index contributed by atoms with van der Waals surface area (Å²) in [5.41, 5.74) is 0. The summed E-state index contributed by atoms with van der Waals surface area (Å²) < 4.78 is 1.01. The second-order valence-corrected chi connectivity index (χ2v) is 7.07. The van der Waals surface area contributed by atoms with Crippen LogP contribution in [0.3, 0.4) is 0 Å². The molecule has 0 unspecified atom stereocenters. The van der Waals surface area contributed by atoms with Crippen LogP contribution in [-0.4, -0.2) is 29.3 Å². The van der Waals surface area contributed by atoms with E-state index in [1.54, 1.807) is 0 Å². The lowest BCUT2D eigenvalue weighted by Crippen LogP contribution is -2.44. The first kappa shape index (κ1) is 13.4. The summed E-state index contributed by atoms with van der Waals surface area (Å²) in [6.07, 6.45) is 4.39. The Bertz CT molecular complexity index is 392. The van der Waals surface area contributed by atoms with Crippen molar-refractivity contribution in [2.24, 2.45) is 0 Å². The van der Waals surface area contributed by atoms with Crippen LogP contribution in [0.2, 0.25) is 0 Å². The van der Waals surface area contributed by atoms with E-state index >= 15 is 0 Å². The van der Waals surface area contributed by atoms with Gasteiger partial charge >= 0.3 is 0 Å². The van der Waals surface area contributed by atoms with Crippen molar-refractivity contribution in [2.45, 2.75) is 31.7 Å². The highest BCUT2D eigenvalue weighted by Crippen LogP contribution is 2.29. The van der Waals surface area contributed by atoms with E-state index in [-0.39, 0.29) is 5.91 Å². The summed E-state index contributed by atoms with van der Waals surface area (Å²) >= 11 is 10.6. The Kier molecular flexibility index (Phi) is 4.88. The molecule has 0 spiro atoms. The van der Waals surface area contributed by atoms with Gasteiger partial charge in [0.1, 0.15) is 0 Å². The van der Waals surface area contributed by atoms with Crippen molar-refractivity contribution in [3.63, 3.8) is 0 Å². The molecule has 94 valence electrons. The van der Waals surface area contributed by atoms with Gasteiger partial charge < -0.3 is 4.90 Å². The number of carbonyl (C=O) groups excluding carboxylic acids is 1. The number of hydrogen-bond donors (Lipinski definition) is 0. The molecule has 5 heteroatoms. The molecule has 1 amide bonds. The number of alkyl halides is 1. The lowest BCUT2D eigenvalue weighted by atomic mass is 9.91. The second-order valence-electron chi connectivity index (χ2n) is 4.23. The standard InChI is InChI=1S/C12H15BrClNOS/c13-11-6-5-10(17-11)12(16)15(8-2-7-14)9-3-1-4-9/h5-6,9H,1-4,7-8H2. The number of amides is 1. The van der Waals surface area contributed by atoms with Gasteiger partial charge in [-0.1, -0.05) is 0 Å². The van der Waals surface area contributed by atoms with Crippen molar-refractivity contribution < 1.29 is 4.79 Å². The summed E-state index contributed by atoms with van der Waals surface area (Å²) in [6, 6.07) is 4.26. The van der Waals surface area contributed by atoms with E-state index < -0.39 is 0 Å². The van der Waals surface area contributed by atoms with Gasteiger partial charge in [0.15, 0.2) is 0 Å². The topological polar surface area (TPSA) is 20.3 Å². The maximum atomic E-state index is 12.4. The summed E-state index contributed by atoms with van der Waals surface area (Å²) in [5.74, 6) is 0.778. The fourth-order valence-electron chi connectivity index (χ4n) is 1.95. The molecule has 1 aromatic heterocycles. The molecule has 2 rings (SSSR count). The van der Waals surface area contributed by atoms with Crippen molar-refractivity contribution >= 4 is 44.8 Å². The van der Waals surface area contributed by atoms with Crippen molar-refractivity contribution in [3.05, 3.63) is 20.8 Å². The van der Waals surface area contributed by atoms with E-state index in [0.717, 1.165) is 34.5 Å². The Balaban J connectivity index is 2.06. The third-order valence-corrected chi connectivity index (χ3v) is 4.97. The minimum Gasteiger partial charge on any atom is -0.335 e. The van der Waals surface area contributed by atoms with Gasteiger partial charge in [-0.15, -0.1) is 22.9 Å². The van der Waals surface area contributed by atoms with E-state index in [1.807, 2.05) is 17.0 Å². The van der Waals surface area contributed by atoms with Gasteiger partial charge in [-0.05, 0) is 53.7 Å². The zero-order valence-corrected chi connectivity index (χ0v) is 12.7. The molecule has 1 saturated carbocycles. The number of halogens is 2. The van der Waals surface area contributed by atoms with Gasteiger partial charge in [0, 0.05) is 18.5 Å². The third kappa shape index (κ3) is 3.24. The molecule has 1 aliphatic rings. The number of thiophene rings is 1. The molecule has 1 fully saturated rings. The average Bonchev–Trinajstić information content (AvgIpc) is 2.67. The van der Waals surface area contributed by atoms with Gasteiger partial charge in [0.25, 0.3) is 5.91 Å². The number of carbonyl (C=O) groups is 1. The number of hydrogen-bond acceptors (Lipinski definition) is 2. The van der Waals surface area contributed by atoms with Gasteiger partial charge in [0.05, 0.1) is 8.66 Å². The van der Waals surface area contributed by atoms with E-state index in [4.69, 9.17) is 11.6 Å². The monoisotopic (exact) mass is 335 g/mol. The Morgan fingerprint density at radius 3 is 2.76 bits per heavy atom. The van der Waals surface area contributed by atoms with Crippen LogP contribution in [0.5, 0.6) is 0 Å². The normalized spacial score (nSPS) is 15.6. The molecule has 0 aliphatic heterocycles. The minimum atomic E-state index is 0.163. The molecule has 1 aliphatic carbocycles. The first-order chi connectivity index (χ1) is 8.22. The molecule has 0 N–H and O–H groups in total. The molecular weight excluding hydrogens is 322 g/mol. The SMILES string of the molecule is O=C(c1ccc(Br)s1)N(CCCCl)C1CCC1. The summed E-state index contributed by atoms with van der Waals surface area (Å²) in [4.78, 5) is 15.2. The summed E-state index contributed by atoms with van der Waals surface area (Å²) in [6.45, 7) is 0.780. The van der Waals surface area contributed by atoms with Crippen LogP contribution >= 0.6 is 38.9 Å². The van der Waals surface area contributed by atoms with Gasteiger partial charge in [-0.2, -0.15) is 0 Å². The number of rotatable bonds is 5. The zero-order valence-electron chi connectivity index (χ0n) is 9.49. The maximum Gasteiger partial charge on any atom is 0.264 e. The van der Waals surface area contributed by atoms with E-state index in [9.17, 15) is 4.79 Å². The zero-order chi connectivity index (χ0) is 12.3. The Hall–Kier alpha value is -0.0600. The highest BCUT2D eigenvalue weighted by molar-refractivity contribution is 9.11. The lowest BCUT2D eigenvalue weighted by Gasteiger charge is -2.37. The molecule has 0 aromatic carbocycles. The average molecular weight is 337 g/mol. The van der Waals surface area contributed by atoms with E-state index in [0.29, 0.717) is 11.9 Å². The molecule has 1 heterocycles. The van der Waals surface area contributed by atoms with Crippen molar-refractivity contribution in [3.8, 4) is 0 Å². The Morgan fingerprint density at radius 1 is 1.53 bits per heavy atom. The van der Waals surface area contributed by atoms with Crippen LogP contribution in [0.4, 0.5) is 0 Å². The summed E-state index contributed by atoms with van der Waals surface area (Å²) in [7, 11) is 0. The lowest BCUT2D eigenvalue weighted by molar-refractivity contribution is 0.0586. The van der Waals surface area contributed by atoms with Crippen molar-refractivity contribution in [1.82, 2.24) is 4.90 Å². The highest BCUT2D eigenvalue weighted by atomic mass is 79.9. The first-order valence-corrected chi connectivity index (χ1v) is 7.99. The maximum absolute atomic E-state index is 12.4. The van der Waals surface area contributed by atoms with Crippen LogP contribution in [0.15, 0.2) is 15.9 Å². The van der Waals surface area contributed by atoms with E-state index in [1.165, 1.54) is 17.8 Å². The minimum absolute atomic E-state index is 0.163. The Morgan fingerprint density at radius 2 is 2.29 bits per heavy atom. The van der Waals surface area contributed by atoms with Crippen LogP contribution in [0.25, 0.3) is 0 Å². The summed E-state index contributed by atoms with van der Waals surface area (Å²) in [5, 5.41) is 0. The smallest absolute Gasteiger partial charge is 0.264 e. The largest absolute Gasteiger partial charge is 0.335 e. The molecule has 17 heavy (non-hydrogen) atoms.